The number of tetrazole rings is 1. The van der Waals surface area contributed by atoms with Crippen molar-refractivity contribution in [3.8, 4) is 0 Å². The summed E-state index contributed by atoms with van der Waals surface area (Å²) in [7, 11) is 0. The summed E-state index contributed by atoms with van der Waals surface area (Å²) in [5, 5.41) is 10.7. The molecule has 0 aromatic carbocycles. The number of aromatic amines is 1. The summed E-state index contributed by atoms with van der Waals surface area (Å²) in [5.74, 6) is 1.53. The molecule has 4 nitrogen and oxygen atoms in total. The van der Waals surface area contributed by atoms with E-state index < -0.39 is 0 Å². The maximum Gasteiger partial charge on any atom is 0.283 e. The Hall–Kier alpha value is -0.710. The van der Waals surface area contributed by atoms with Gasteiger partial charge in [0.1, 0.15) is 5.21 Å². The average molecular weight is 184 g/mol. The van der Waals surface area contributed by atoms with E-state index >= 15 is 0 Å². The number of H-pyrrole nitrogens is 1. The fourth-order valence-electron chi connectivity index (χ4n) is 1.78. The monoisotopic (exact) mass is 184 g/mol. The first-order valence-electron chi connectivity index (χ1n) is 4.38. The minimum atomic E-state index is 0.565. The van der Waals surface area contributed by atoms with Gasteiger partial charge in [0.15, 0.2) is 0 Å². The van der Waals surface area contributed by atoms with Gasteiger partial charge in [0.25, 0.3) is 5.82 Å². The topological polar surface area (TPSA) is 45.5 Å². The second-order valence-electron chi connectivity index (χ2n) is 3.29. The molecule has 1 aliphatic rings. The molecule has 1 aliphatic carbocycles. The first-order valence-corrected chi connectivity index (χ1v) is 4.75. The van der Waals surface area contributed by atoms with Crippen LogP contribution in [0.5, 0.6) is 0 Å². The van der Waals surface area contributed by atoms with Gasteiger partial charge >= 0.3 is 0 Å². The number of nitrogens with zero attached hydrogens (tertiary/aromatic N) is 3. The van der Waals surface area contributed by atoms with Crippen LogP contribution in [0.1, 0.15) is 43.8 Å². The zero-order valence-corrected chi connectivity index (χ0v) is 7.68. The minimum Gasteiger partial charge on any atom is -0.501 e. The Bertz CT molecular complexity index is 254. The summed E-state index contributed by atoms with van der Waals surface area (Å²) in [6, 6.07) is 0. The molecular formula is C7H12N4S. The van der Waals surface area contributed by atoms with E-state index in [1.807, 2.05) is 0 Å². The smallest absolute Gasteiger partial charge is 0.283 e. The molecule has 5 heteroatoms. The number of nitrogens with one attached hydrogen (secondary N) is 1. The van der Waals surface area contributed by atoms with Gasteiger partial charge in [-0.1, -0.05) is 19.3 Å². The number of rotatable bonds is 1. The zero-order valence-electron chi connectivity index (χ0n) is 6.86. The lowest BCUT2D eigenvalue weighted by atomic mass is 9.89. The van der Waals surface area contributed by atoms with Crippen LogP contribution < -0.4 is 4.20 Å². The Morgan fingerprint density at radius 3 is 2.67 bits per heavy atom. The van der Waals surface area contributed by atoms with Crippen LogP contribution in [-0.4, -0.2) is 15.4 Å². The molecule has 1 fully saturated rings. The molecule has 0 amide bonds. The second-order valence-corrected chi connectivity index (χ2v) is 3.64. The summed E-state index contributed by atoms with van der Waals surface area (Å²) in [4.78, 5) is 0. The normalized spacial score (nSPS) is 19.7. The average Bonchev–Trinajstić information content (AvgIpc) is 2.54. The van der Waals surface area contributed by atoms with Crippen LogP contribution in [-0.2, 0) is 12.8 Å². The van der Waals surface area contributed by atoms with Gasteiger partial charge in [-0.2, -0.15) is 9.30 Å². The van der Waals surface area contributed by atoms with E-state index in [1.165, 1.54) is 36.3 Å². The molecule has 12 heavy (non-hydrogen) atoms. The lowest BCUT2D eigenvalue weighted by Crippen LogP contribution is -2.32. The predicted octanol–water partition coefficient (Wildman–Crippen LogP) is 0.450. The lowest BCUT2D eigenvalue weighted by molar-refractivity contribution is -0.626. The van der Waals surface area contributed by atoms with Crippen molar-refractivity contribution in [2.24, 2.45) is 0 Å². The Kier molecular flexibility index (Phi) is 2.21. The molecule has 2 rings (SSSR count). The third-order valence-electron chi connectivity index (χ3n) is 2.44. The standard InChI is InChI=1S/C7H12N4S/c12-11-9-7(8-10-11)6-4-2-1-3-5-6/h6H,1-5H2,(H,8,9,10). The van der Waals surface area contributed by atoms with Gasteiger partial charge in [-0.05, 0) is 12.8 Å². The molecule has 0 aliphatic heterocycles. The Morgan fingerprint density at radius 1 is 1.33 bits per heavy atom. The van der Waals surface area contributed by atoms with Crippen LogP contribution in [0.25, 0.3) is 0 Å². The van der Waals surface area contributed by atoms with E-state index in [2.05, 4.69) is 15.4 Å². The Labute approximate surface area is 76.9 Å². The molecule has 1 saturated carbocycles. The van der Waals surface area contributed by atoms with Gasteiger partial charge < -0.3 is 12.8 Å². The van der Waals surface area contributed by atoms with Gasteiger partial charge in [0.05, 0.1) is 5.10 Å². The molecule has 0 atom stereocenters. The molecule has 0 unspecified atom stereocenters. The van der Waals surface area contributed by atoms with Crippen LogP contribution in [0.2, 0.25) is 0 Å². The molecule has 0 bridgehead atoms. The molecular weight excluding hydrogens is 172 g/mol. The first kappa shape index (κ1) is 7.91. The SMILES string of the molecule is [S-][n+]1nnc(C2CCCCC2)[nH]1. The van der Waals surface area contributed by atoms with E-state index in [0.717, 1.165) is 5.82 Å². The molecule has 1 heterocycles. The van der Waals surface area contributed by atoms with Crippen molar-refractivity contribution in [3.05, 3.63) is 5.82 Å². The fourth-order valence-corrected chi connectivity index (χ4v) is 1.91. The van der Waals surface area contributed by atoms with Crippen molar-refractivity contribution in [3.63, 3.8) is 0 Å². The molecule has 0 saturated heterocycles. The maximum absolute atomic E-state index is 4.79. The van der Waals surface area contributed by atoms with Gasteiger partial charge in [0, 0.05) is 5.92 Å². The fraction of sp³-hybridized carbons (Fsp3) is 0.857. The van der Waals surface area contributed by atoms with Gasteiger partial charge in [-0.25, -0.2) is 0 Å². The third-order valence-corrected chi connectivity index (χ3v) is 2.60. The van der Waals surface area contributed by atoms with Crippen molar-refractivity contribution in [2.45, 2.75) is 38.0 Å². The van der Waals surface area contributed by atoms with Crippen LogP contribution in [0.3, 0.4) is 0 Å². The number of hydrogen-bond donors (Lipinski definition) is 1. The molecule has 0 spiro atoms. The number of aromatic nitrogens is 4. The third kappa shape index (κ3) is 1.55. The van der Waals surface area contributed by atoms with Crippen molar-refractivity contribution in [2.75, 3.05) is 0 Å². The van der Waals surface area contributed by atoms with E-state index in [9.17, 15) is 0 Å². The summed E-state index contributed by atoms with van der Waals surface area (Å²) < 4.78 is 1.25. The van der Waals surface area contributed by atoms with Gasteiger partial charge in [-0.15, -0.1) is 0 Å². The summed E-state index contributed by atoms with van der Waals surface area (Å²) in [5.41, 5.74) is 0. The molecule has 0 radical (unpaired) electrons. The van der Waals surface area contributed by atoms with Crippen LogP contribution >= 0.6 is 0 Å². The van der Waals surface area contributed by atoms with Crippen molar-refractivity contribution in [1.82, 2.24) is 15.4 Å². The molecule has 1 aromatic heterocycles. The Balaban J connectivity index is 2.08. The summed E-state index contributed by atoms with van der Waals surface area (Å²) >= 11 is 4.79. The molecule has 1 N–H and O–H groups in total. The highest BCUT2D eigenvalue weighted by Crippen LogP contribution is 2.29. The molecule has 1 aromatic rings. The van der Waals surface area contributed by atoms with E-state index in [-0.39, 0.29) is 0 Å². The minimum absolute atomic E-state index is 0.565. The highest BCUT2D eigenvalue weighted by atomic mass is 32.1. The largest absolute Gasteiger partial charge is 0.501 e. The Morgan fingerprint density at radius 2 is 2.08 bits per heavy atom. The lowest BCUT2D eigenvalue weighted by Gasteiger charge is -2.15. The van der Waals surface area contributed by atoms with Gasteiger partial charge in [0.2, 0.25) is 0 Å². The van der Waals surface area contributed by atoms with Crippen LogP contribution in [0.4, 0.5) is 0 Å². The predicted molar refractivity (Wildman–Crippen MR) is 45.2 cm³/mol. The maximum atomic E-state index is 4.79. The van der Waals surface area contributed by atoms with Crippen molar-refractivity contribution < 1.29 is 4.20 Å². The summed E-state index contributed by atoms with van der Waals surface area (Å²) in [6.07, 6.45) is 6.43. The first-order chi connectivity index (χ1) is 5.86. The second kappa shape index (κ2) is 3.35. The highest BCUT2D eigenvalue weighted by molar-refractivity contribution is 7.50. The zero-order chi connectivity index (χ0) is 8.39. The van der Waals surface area contributed by atoms with Crippen LogP contribution in [0, 0.1) is 0 Å². The molecule has 66 valence electrons. The van der Waals surface area contributed by atoms with Gasteiger partial charge in [-0.3, -0.25) is 0 Å². The summed E-state index contributed by atoms with van der Waals surface area (Å²) in [6.45, 7) is 0. The van der Waals surface area contributed by atoms with E-state index in [4.69, 9.17) is 12.8 Å². The van der Waals surface area contributed by atoms with Crippen LogP contribution in [0.15, 0.2) is 0 Å². The van der Waals surface area contributed by atoms with Crippen molar-refractivity contribution in [1.29, 1.82) is 0 Å². The van der Waals surface area contributed by atoms with E-state index in [1.54, 1.807) is 0 Å². The highest BCUT2D eigenvalue weighted by Gasteiger charge is 2.22. The number of hydrogen-bond acceptors (Lipinski definition) is 3. The van der Waals surface area contributed by atoms with Crippen molar-refractivity contribution >= 4 is 12.8 Å². The quantitative estimate of drug-likeness (QED) is 0.509. The van der Waals surface area contributed by atoms with E-state index in [0.29, 0.717) is 5.92 Å².